The highest BCUT2D eigenvalue weighted by Gasteiger charge is 2.32. The van der Waals surface area contributed by atoms with Gasteiger partial charge in [0.1, 0.15) is 0 Å². The summed E-state index contributed by atoms with van der Waals surface area (Å²) in [7, 11) is 1.89. The summed E-state index contributed by atoms with van der Waals surface area (Å²) in [6.07, 6.45) is 5.06. The first-order chi connectivity index (χ1) is 7.72. The first kappa shape index (κ1) is 11.9. The van der Waals surface area contributed by atoms with E-state index >= 15 is 0 Å². The first-order valence-electron chi connectivity index (χ1n) is 6.40. The molecule has 0 spiro atoms. The van der Waals surface area contributed by atoms with E-state index in [1.165, 1.54) is 25.7 Å². The highest BCUT2D eigenvalue weighted by molar-refractivity contribution is 5.78. The molecule has 1 amide bonds. The summed E-state index contributed by atoms with van der Waals surface area (Å²) >= 11 is 0. The number of rotatable bonds is 2. The number of piperazine rings is 1. The zero-order valence-electron chi connectivity index (χ0n) is 10.2. The van der Waals surface area contributed by atoms with Crippen molar-refractivity contribution in [3.8, 4) is 0 Å². The molecule has 1 saturated carbocycles. The average Bonchev–Trinajstić information content (AvgIpc) is 2.32. The van der Waals surface area contributed by atoms with E-state index in [-0.39, 0.29) is 5.91 Å². The topological polar surface area (TPSA) is 49.6 Å². The SMILES string of the molecule is CN1CCN(C2CCCCC2CN)CC1=O. The Balaban J connectivity index is 1.97. The molecule has 1 aliphatic carbocycles. The van der Waals surface area contributed by atoms with Crippen molar-refractivity contribution in [3.05, 3.63) is 0 Å². The number of nitrogens with two attached hydrogens (primary N) is 1. The molecule has 92 valence electrons. The molecule has 2 fully saturated rings. The molecule has 0 bridgehead atoms. The van der Waals surface area contributed by atoms with Crippen molar-refractivity contribution in [1.82, 2.24) is 9.80 Å². The molecule has 2 rings (SSSR count). The lowest BCUT2D eigenvalue weighted by molar-refractivity contribution is -0.136. The van der Waals surface area contributed by atoms with Crippen LogP contribution in [0.3, 0.4) is 0 Å². The van der Waals surface area contributed by atoms with Crippen LogP contribution < -0.4 is 5.73 Å². The van der Waals surface area contributed by atoms with Crippen LogP contribution in [0.25, 0.3) is 0 Å². The van der Waals surface area contributed by atoms with Gasteiger partial charge in [-0.05, 0) is 25.3 Å². The summed E-state index contributed by atoms with van der Waals surface area (Å²) in [4.78, 5) is 15.9. The van der Waals surface area contributed by atoms with Gasteiger partial charge in [0.25, 0.3) is 0 Å². The normalized spacial score (nSPS) is 33.1. The van der Waals surface area contributed by atoms with E-state index in [0.29, 0.717) is 18.5 Å². The van der Waals surface area contributed by atoms with Gasteiger partial charge in [-0.2, -0.15) is 0 Å². The Morgan fingerprint density at radius 1 is 1.31 bits per heavy atom. The van der Waals surface area contributed by atoms with Crippen molar-refractivity contribution >= 4 is 5.91 Å². The molecule has 0 radical (unpaired) electrons. The fraction of sp³-hybridized carbons (Fsp3) is 0.917. The average molecular weight is 225 g/mol. The van der Waals surface area contributed by atoms with Gasteiger partial charge in [-0.15, -0.1) is 0 Å². The van der Waals surface area contributed by atoms with Gasteiger partial charge >= 0.3 is 0 Å². The molecule has 1 heterocycles. The van der Waals surface area contributed by atoms with Gasteiger partial charge in [0, 0.05) is 26.2 Å². The van der Waals surface area contributed by atoms with Crippen LogP contribution in [-0.4, -0.2) is 55.0 Å². The maximum atomic E-state index is 11.7. The number of amides is 1. The van der Waals surface area contributed by atoms with Crippen LogP contribution in [0.4, 0.5) is 0 Å². The van der Waals surface area contributed by atoms with Gasteiger partial charge < -0.3 is 10.6 Å². The summed E-state index contributed by atoms with van der Waals surface area (Å²) in [6.45, 7) is 3.25. The van der Waals surface area contributed by atoms with Crippen molar-refractivity contribution in [2.75, 3.05) is 33.2 Å². The molecule has 4 nitrogen and oxygen atoms in total. The third-order valence-corrected chi connectivity index (χ3v) is 4.13. The van der Waals surface area contributed by atoms with Gasteiger partial charge in [0.2, 0.25) is 5.91 Å². The second-order valence-electron chi connectivity index (χ2n) is 5.13. The van der Waals surface area contributed by atoms with Gasteiger partial charge in [-0.25, -0.2) is 0 Å². The Labute approximate surface area is 97.8 Å². The molecule has 1 aliphatic heterocycles. The van der Waals surface area contributed by atoms with E-state index in [2.05, 4.69) is 4.90 Å². The van der Waals surface area contributed by atoms with Crippen molar-refractivity contribution in [1.29, 1.82) is 0 Å². The lowest BCUT2D eigenvalue weighted by Crippen LogP contribution is -2.55. The standard InChI is InChI=1S/C12H23N3O/c1-14-6-7-15(9-12(14)16)11-5-3-2-4-10(11)8-13/h10-11H,2-9,13H2,1H3. The molecule has 1 saturated heterocycles. The molecule has 2 N–H and O–H groups in total. The molecule has 0 aromatic heterocycles. The molecular weight excluding hydrogens is 202 g/mol. The predicted molar refractivity (Wildman–Crippen MR) is 64.0 cm³/mol. The van der Waals surface area contributed by atoms with Crippen LogP contribution in [-0.2, 0) is 4.79 Å². The van der Waals surface area contributed by atoms with E-state index in [1.807, 2.05) is 11.9 Å². The van der Waals surface area contributed by atoms with Crippen molar-refractivity contribution in [2.45, 2.75) is 31.7 Å². The van der Waals surface area contributed by atoms with Gasteiger partial charge in [0.15, 0.2) is 0 Å². The predicted octanol–water partition coefficient (Wildman–Crippen LogP) is 0.278. The van der Waals surface area contributed by atoms with Crippen LogP contribution in [0.15, 0.2) is 0 Å². The minimum atomic E-state index is 0.257. The molecule has 2 unspecified atom stereocenters. The van der Waals surface area contributed by atoms with Crippen LogP contribution in [0, 0.1) is 5.92 Å². The van der Waals surface area contributed by atoms with E-state index in [1.54, 1.807) is 0 Å². The highest BCUT2D eigenvalue weighted by Crippen LogP contribution is 2.28. The largest absolute Gasteiger partial charge is 0.343 e. The maximum absolute atomic E-state index is 11.7. The van der Waals surface area contributed by atoms with Gasteiger partial charge in [0.05, 0.1) is 6.54 Å². The molecule has 2 aliphatic rings. The molecular formula is C12H23N3O. The lowest BCUT2D eigenvalue weighted by Gasteiger charge is -2.42. The summed E-state index contributed by atoms with van der Waals surface area (Å²) in [6, 6.07) is 0.552. The first-order valence-corrected chi connectivity index (χ1v) is 6.40. The third kappa shape index (κ3) is 2.38. The number of hydrogen-bond acceptors (Lipinski definition) is 3. The summed E-state index contributed by atoms with van der Waals surface area (Å²) in [5, 5.41) is 0. The summed E-state index contributed by atoms with van der Waals surface area (Å²) in [5.41, 5.74) is 5.84. The fourth-order valence-corrected chi connectivity index (χ4v) is 3.00. The minimum Gasteiger partial charge on any atom is -0.343 e. The number of nitrogens with zero attached hydrogens (tertiary/aromatic N) is 2. The fourth-order valence-electron chi connectivity index (χ4n) is 3.00. The van der Waals surface area contributed by atoms with Crippen LogP contribution in [0.2, 0.25) is 0 Å². The van der Waals surface area contributed by atoms with Crippen molar-refractivity contribution in [2.24, 2.45) is 11.7 Å². The number of hydrogen-bond donors (Lipinski definition) is 1. The summed E-state index contributed by atoms with van der Waals surface area (Å²) < 4.78 is 0. The zero-order chi connectivity index (χ0) is 11.5. The van der Waals surface area contributed by atoms with Crippen LogP contribution >= 0.6 is 0 Å². The van der Waals surface area contributed by atoms with Crippen molar-refractivity contribution in [3.63, 3.8) is 0 Å². The Kier molecular flexibility index (Phi) is 3.82. The van der Waals surface area contributed by atoms with Gasteiger partial charge in [-0.1, -0.05) is 12.8 Å². The van der Waals surface area contributed by atoms with Crippen LogP contribution in [0.1, 0.15) is 25.7 Å². The second-order valence-corrected chi connectivity index (χ2v) is 5.13. The minimum absolute atomic E-state index is 0.257. The monoisotopic (exact) mass is 225 g/mol. The van der Waals surface area contributed by atoms with E-state index in [4.69, 9.17) is 5.73 Å². The Morgan fingerprint density at radius 2 is 2.06 bits per heavy atom. The smallest absolute Gasteiger partial charge is 0.236 e. The van der Waals surface area contributed by atoms with E-state index in [0.717, 1.165) is 19.6 Å². The zero-order valence-corrected chi connectivity index (χ0v) is 10.2. The summed E-state index contributed by atoms with van der Waals surface area (Å²) in [5.74, 6) is 0.859. The molecule has 4 heteroatoms. The maximum Gasteiger partial charge on any atom is 0.236 e. The highest BCUT2D eigenvalue weighted by atomic mass is 16.2. The molecule has 0 aromatic rings. The second kappa shape index (κ2) is 5.15. The van der Waals surface area contributed by atoms with E-state index < -0.39 is 0 Å². The Bertz CT molecular complexity index is 257. The quantitative estimate of drug-likeness (QED) is 0.734. The van der Waals surface area contributed by atoms with Crippen molar-refractivity contribution < 1.29 is 4.79 Å². The van der Waals surface area contributed by atoms with Crippen LogP contribution in [0.5, 0.6) is 0 Å². The lowest BCUT2D eigenvalue weighted by atomic mass is 9.83. The Morgan fingerprint density at radius 3 is 2.75 bits per heavy atom. The molecule has 16 heavy (non-hydrogen) atoms. The van der Waals surface area contributed by atoms with Gasteiger partial charge in [-0.3, -0.25) is 9.69 Å². The molecule has 0 aromatic carbocycles. The number of likely N-dealkylation sites (N-methyl/N-ethyl adjacent to an activating group) is 1. The third-order valence-electron chi connectivity index (χ3n) is 4.13. The molecule has 2 atom stereocenters. The Hall–Kier alpha value is -0.610. The number of carbonyl (C=O) groups is 1. The number of carbonyl (C=O) groups excluding carboxylic acids is 1. The van der Waals surface area contributed by atoms with E-state index in [9.17, 15) is 4.79 Å².